The highest BCUT2D eigenvalue weighted by molar-refractivity contribution is 6.42. The molecule has 1 unspecified atom stereocenters. The summed E-state index contributed by atoms with van der Waals surface area (Å²) in [6, 6.07) is -0.828. The molecule has 0 aromatic rings. The molecule has 0 spiro atoms. The van der Waals surface area contributed by atoms with Crippen LogP contribution in [0.2, 0.25) is 0 Å². The zero-order valence-electron chi connectivity index (χ0n) is 8.54. The summed E-state index contributed by atoms with van der Waals surface area (Å²) < 4.78 is 0. The third-order valence-corrected chi connectivity index (χ3v) is 1.96. The lowest BCUT2D eigenvalue weighted by atomic mass is 10.0. The van der Waals surface area contributed by atoms with Crippen molar-refractivity contribution >= 4 is 11.6 Å². The minimum Gasteiger partial charge on any atom is -0.762 e. The molecule has 15 heavy (non-hydrogen) atoms. The molecule has 86 valence electrons. The van der Waals surface area contributed by atoms with Gasteiger partial charge in [0.2, 0.25) is 0 Å². The summed E-state index contributed by atoms with van der Waals surface area (Å²) in [6.07, 6.45) is 1.58. The van der Waals surface area contributed by atoms with E-state index in [-0.39, 0.29) is 10.9 Å². The third-order valence-electron chi connectivity index (χ3n) is 1.96. The molecule has 0 fully saturated rings. The highest BCUT2D eigenvalue weighted by Crippen LogP contribution is 2.11. The Labute approximate surface area is 87.0 Å². The smallest absolute Gasteiger partial charge is 0.270 e. The SMILES string of the molecule is CCC(=CC(=NO)C(N)=O)C(C)N([O-])O. The number of nitrogens with zero attached hydrogens (tertiary/aromatic N) is 2. The third kappa shape index (κ3) is 4.07. The molecule has 0 rings (SSSR count). The molecule has 0 saturated carbocycles. The maximum Gasteiger partial charge on any atom is 0.270 e. The monoisotopic (exact) mass is 216 g/mol. The number of carbonyl (C=O) groups excluding carboxylic acids is 1. The van der Waals surface area contributed by atoms with Crippen molar-refractivity contribution in [2.24, 2.45) is 10.9 Å². The number of primary amides is 1. The van der Waals surface area contributed by atoms with Crippen LogP contribution in [-0.2, 0) is 4.79 Å². The molecule has 0 heterocycles. The van der Waals surface area contributed by atoms with Crippen LogP contribution in [0.15, 0.2) is 16.8 Å². The first-order valence-electron chi connectivity index (χ1n) is 4.31. The van der Waals surface area contributed by atoms with Gasteiger partial charge in [-0.25, -0.2) is 0 Å². The van der Waals surface area contributed by atoms with E-state index in [1.165, 1.54) is 13.0 Å². The number of oxime groups is 1. The van der Waals surface area contributed by atoms with Crippen LogP contribution in [0.4, 0.5) is 0 Å². The molecule has 0 bridgehead atoms. The second kappa shape index (κ2) is 6.12. The van der Waals surface area contributed by atoms with Gasteiger partial charge in [0.05, 0.1) is 0 Å². The minimum atomic E-state index is -0.911. The first-order chi connectivity index (χ1) is 6.93. The lowest BCUT2D eigenvalue weighted by molar-refractivity contribution is -0.112. The van der Waals surface area contributed by atoms with Crippen molar-refractivity contribution < 1.29 is 15.2 Å². The Hall–Kier alpha value is -1.44. The summed E-state index contributed by atoms with van der Waals surface area (Å²) in [5.74, 6) is -0.911. The Morgan fingerprint density at radius 1 is 1.73 bits per heavy atom. The normalized spacial score (nSPS) is 15.5. The van der Waals surface area contributed by atoms with E-state index in [0.29, 0.717) is 12.0 Å². The standard InChI is InChI=1S/C8H14N3O4/c1-3-6(5(2)11(14)15)4-7(10-13)8(9)12/h4-5,13-14H,3H2,1-2H3,(H2,9,12)/q-1. The molecule has 0 aliphatic rings. The Bertz CT molecular complexity index is 286. The summed E-state index contributed by atoms with van der Waals surface area (Å²) in [7, 11) is 0. The van der Waals surface area contributed by atoms with Gasteiger partial charge in [-0.15, -0.1) is 0 Å². The Morgan fingerprint density at radius 2 is 2.27 bits per heavy atom. The molecular weight excluding hydrogens is 202 g/mol. The van der Waals surface area contributed by atoms with Crippen LogP contribution in [0.1, 0.15) is 20.3 Å². The van der Waals surface area contributed by atoms with E-state index in [4.69, 9.17) is 16.1 Å². The number of amides is 1. The van der Waals surface area contributed by atoms with Gasteiger partial charge in [-0.1, -0.05) is 12.1 Å². The van der Waals surface area contributed by atoms with E-state index in [1.807, 2.05) is 0 Å². The van der Waals surface area contributed by atoms with Crippen LogP contribution >= 0.6 is 0 Å². The van der Waals surface area contributed by atoms with Gasteiger partial charge in [0, 0.05) is 6.04 Å². The summed E-state index contributed by atoms with van der Waals surface area (Å²) in [4.78, 5) is 10.7. The number of hydrogen-bond donors (Lipinski definition) is 3. The van der Waals surface area contributed by atoms with Crippen molar-refractivity contribution in [3.8, 4) is 0 Å². The topological polar surface area (TPSA) is 122 Å². The van der Waals surface area contributed by atoms with Gasteiger partial charge in [0.15, 0.2) is 5.71 Å². The number of hydroxylamine groups is 2. The molecule has 0 aromatic carbocycles. The lowest BCUT2D eigenvalue weighted by Crippen LogP contribution is -2.28. The van der Waals surface area contributed by atoms with Crippen molar-refractivity contribution in [1.82, 2.24) is 5.23 Å². The summed E-state index contributed by atoms with van der Waals surface area (Å²) in [6.45, 7) is 3.17. The fourth-order valence-electron chi connectivity index (χ4n) is 0.985. The Morgan fingerprint density at radius 3 is 2.53 bits per heavy atom. The number of nitrogens with two attached hydrogens (primary N) is 1. The average molecular weight is 216 g/mol. The molecule has 0 radical (unpaired) electrons. The summed E-state index contributed by atoms with van der Waals surface area (Å²) in [5, 5.41) is 30.1. The largest absolute Gasteiger partial charge is 0.762 e. The van der Waals surface area contributed by atoms with Crippen LogP contribution in [0, 0.1) is 5.21 Å². The number of hydrogen-bond acceptors (Lipinski definition) is 6. The predicted octanol–water partition coefficient (Wildman–Crippen LogP) is 0.216. The first-order valence-corrected chi connectivity index (χ1v) is 4.31. The van der Waals surface area contributed by atoms with Crippen molar-refractivity contribution in [2.45, 2.75) is 26.3 Å². The van der Waals surface area contributed by atoms with Crippen LogP contribution in [0.5, 0.6) is 0 Å². The van der Waals surface area contributed by atoms with E-state index >= 15 is 0 Å². The van der Waals surface area contributed by atoms with Gasteiger partial charge in [-0.3, -0.25) is 10.0 Å². The van der Waals surface area contributed by atoms with E-state index in [9.17, 15) is 10.0 Å². The van der Waals surface area contributed by atoms with Gasteiger partial charge >= 0.3 is 0 Å². The van der Waals surface area contributed by atoms with E-state index in [2.05, 4.69) is 5.16 Å². The van der Waals surface area contributed by atoms with E-state index < -0.39 is 11.9 Å². The van der Waals surface area contributed by atoms with Crippen molar-refractivity contribution in [3.63, 3.8) is 0 Å². The maximum absolute atomic E-state index is 10.7. The van der Waals surface area contributed by atoms with Gasteiger partial charge < -0.3 is 21.4 Å². The van der Waals surface area contributed by atoms with Gasteiger partial charge in [0.25, 0.3) is 5.91 Å². The predicted molar refractivity (Wildman–Crippen MR) is 53.2 cm³/mol. The number of rotatable bonds is 5. The van der Waals surface area contributed by atoms with Crippen molar-refractivity contribution in [2.75, 3.05) is 0 Å². The molecule has 7 nitrogen and oxygen atoms in total. The molecule has 0 aliphatic heterocycles. The van der Waals surface area contributed by atoms with Crippen LogP contribution in [0.3, 0.4) is 0 Å². The van der Waals surface area contributed by atoms with Crippen molar-refractivity contribution in [3.05, 3.63) is 16.9 Å². The van der Waals surface area contributed by atoms with E-state index in [0.717, 1.165) is 0 Å². The molecule has 1 atom stereocenters. The minimum absolute atomic E-state index is 0.245. The molecule has 1 amide bonds. The molecule has 4 N–H and O–H groups in total. The fourth-order valence-corrected chi connectivity index (χ4v) is 0.985. The van der Waals surface area contributed by atoms with Crippen LogP contribution in [-0.4, -0.2) is 33.3 Å². The lowest BCUT2D eigenvalue weighted by Gasteiger charge is -2.29. The molecule has 0 aliphatic carbocycles. The second-order valence-corrected chi connectivity index (χ2v) is 2.90. The Kier molecular flexibility index (Phi) is 5.53. The zero-order valence-corrected chi connectivity index (χ0v) is 8.54. The summed E-state index contributed by atoms with van der Waals surface area (Å²) >= 11 is 0. The van der Waals surface area contributed by atoms with E-state index in [1.54, 1.807) is 6.92 Å². The van der Waals surface area contributed by atoms with Gasteiger partial charge in [-0.05, 0) is 25.0 Å². The average Bonchev–Trinajstić information content (AvgIpc) is 2.18. The number of carbonyl (C=O) groups is 1. The zero-order chi connectivity index (χ0) is 12.0. The molecule has 0 aromatic heterocycles. The molecular formula is C8H14N3O4-. The first kappa shape index (κ1) is 13.6. The van der Waals surface area contributed by atoms with Crippen LogP contribution in [0.25, 0.3) is 0 Å². The molecule has 0 saturated heterocycles. The van der Waals surface area contributed by atoms with Gasteiger partial charge in [0.1, 0.15) is 0 Å². The highest BCUT2D eigenvalue weighted by Gasteiger charge is 2.11. The fraction of sp³-hybridized carbons (Fsp3) is 0.500. The maximum atomic E-state index is 10.7. The van der Waals surface area contributed by atoms with Crippen molar-refractivity contribution in [1.29, 1.82) is 0 Å². The molecule has 7 heteroatoms. The van der Waals surface area contributed by atoms with Crippen LogP contribution < -0.4 is 5.73 Å². The highest BCUT2D eigenvalue weighted by atomic mass is 16.8. The quantitative estimate of drug-likeness (QED) is 0.344. The second-order valence-electron chi connectivity index (χ2n) is 2.90. The summed E-state index contributed by atoms with van der Waals surface area (Å²) in [5.41, 5.74) is 4.97. The Balaban J connectivity index is 4.95. The van der Waals surface area contributed by atoms with Gasteiger partial charge in [-0.2, -0.15) is 0 Å².